The van der Waals surface area contributed by atoms with Crippen LogP contribution >= 0.6 is 11.6 Å². The Bertz CT molecular complexity index is 783. The molecule has 0 saturated heterocycles. The van der Waals surface area contributed by atoms with Crippen LogP contribution in [0.5, 0.6) is 5.75 Å². The Kier molecular flexibility index (Phi) is 6.35. The molecule has 2 aromatic carbocycles. The van der Waals surface area contributed by atoms with Crippen molar-refractivity contribution in [3.05, 3.63) is 64.7 Å². The molecule has 0 aromatic heterocycles. The predicted molar refractivity (Wildman–Crippen MR) is 101 cm³/mol. The van der Waals surface area contributed by atoms with Gasteiger partial charge in [0.25, 0.3) is 5.91 Å². The summed E-state index contributed by atoms with van der Waals surface area (Å²) in [6.07, 6.45) is 4.43. The second-order valence-electron chi connectivity index (χ2n) is 6.70. The van der Waals surface area contributed by atoms with E-state index in [9.17, 15) is 14.7 Å². The van der Waals surface area contributed by atoms with Crippen LogP contribution in [0, 0.1) is 0 Å². The zero-order valence-corrected chi connectivity index (χ0v) is 15.6. The van der Waals surface area contributed by atoms with Gasteiger partial charge < -0.3 is 20.0 Å². The molecule has 0 unspecified atom stereocenters. The molecule has 1 amide bonds. The van der Waals surface area contributed by atoms with Gasteiger partial charge in [-0.25, -0.2) is 0 Å². The van der Waals surface area contributed by atoms with E-state index in [-0.39, 0.29) is 18.4 Å². The highest BCUT2D eigenvalue weighted by atomic mass is 35.5. The molecule has 2 aromatic rings. The van der Waals surface area contributed by atoms with E-state index < -0.39 is 12.0 Å². The lowest BCUT2D eigenvalue weighted by Gasteiger charge is -2.21. The van der Waals surface area contributed by atoms with Gasteiger partial charge in [0.1, 0.15) is 5.75 Å². The summed E-state index contributed by atoms with van der Waals surface area (Å²) in [4.78, 5) is 23.6. The van der Waals surface area contributed by atoms with Crippen molar-refractivity contribution in [2.24, 2.45) is 0 Å². The summed E-state index contributed by atoms with van der Waals surface area (Å²) in [5, 5.41) is 14.4. The van der Waals surface area contributed by atoms with Gasteiger partial charge >= 0.3 is 0 Å². The van der Waals surface area contributed by atoms with Crippen molar-refractivity contribution in [3.63, 3.8) is 0 Å². The third-order valence-corrected chi connectivity index (χ3v) is 4.92. The number of benzene rings is 2. The van der Waals surface area contributed by atoms with E-state index in [4.69, 9.17) is 16.3 Å². The standard InChI is InChI=1S/C21H22ClNO4/c22-16-9-5-15(6-10-16)21(26)23-19(13-20(24)25)14-7-11-18(12-8-14)27-17-3-1-2-4-17/h5-12,17,19H,1-4,13H2,(H,23,26)(H,24,25)/p-1/t19-/m1/s1. The molecule has 1 aliphatic carbocycles. The summed E-state index contributed by atoms with van der Waals surface area (Å²) in [5.41, 5.74) is 1.09. The highest BCUT2D eigenvalue weighted by Gasteiger charge is 2.18. The van der Waals surface area contributed by atoms with Gasteiger partial charge in [-0.1, -0.05) is 23.7 Å². The van der Waals surface area contributed by atoms with Crippen molar-refractivity contribution in [2.75, 3.05) is 0 Å². The van der Waals surface area contributed by atoms with E-state index in [1.54, 1.807) is 36.4 Å². The van der Waals surface area contributed by atoms with E-state index in [0.717, 1.165) is 18.6 Å². The van der Waals surface area contributed by atoms with Gasteiger partial charge in [-0.15, -0.1) is 0 Å². The number of carboxylic acids is 1. The first-order chi connectivity index (χ1) is 13.0. The fraction of sp³-hybridized carbons (Fsp3) is 0.333. The number of carbonyl (C=O) groups is 2. The molecular weight excluding hydrogens is 366 g/mol. The van der Waals surface area contributed by atoms with Crippen molar-refractivity contribution in [3.8, 4) is 5.75 Å². The van der Waals surface area contributed by atoms with Crippen LogP contribution in [0.2, 0.25) is 5.02 Å². The number of carbonyl (C=O) groups excluding carboxylic acids is 2. The van der Waals surface area contributed by atoms with Gasteiger partial charge in [0.15, 0.2) is 0 Å². The quantitative estimate of drug-likeness (QED) is 0.792. The lowest BCUT2D eigenvalue weighted by atomic mass is 10.0. The maximum atomic E-state index is 12.4. The number of amides is 1. The molecule has 0 spiro atoms. The van der Waals surface area contributed by atoms with Crippen molar-refractivity contribution in [2.45, 2.75) is 44.2 Å². The minimum Gasteiger partial charge on any atom is -0.550 e. The Labute approximate surface area is 163 Å². The zero-order valence-electron chi connectivity index (χ0n) is 14.8. The molecule has 0 radical (unpaired) electrons. The smallest absolute Gasteiger partial charge is 0.251 e. The van der Waals surface area contributed by atoms with E-state index in [1.807, 2.05) is 12.1 Å². The third kappa shape index (κ3) is 5.47. The molecular formula is C21H21ClNO4-. The summed E-state index contributed by atoms with van der Waals surface area (Å²) in [6, 6.07) is 12.9. The zero-order chi connectivity index (χ0) is 19.2. The topological polar surface area (TPSA) is 78.5 Å². The van der Waals surface area contributed by atoms with Crippen LogP contribution in [0.15, 0.2) is 48.5 Å². The molecule has 5 nitrogen and oxygen atoms in total. The lowest BCUT2D eigenvalue weighted by molar-refractivity contribution is -0.306. The second kappa shape index (κ2) is 8.91. The van der Waals surface area contributed by atoms with Gasteiger partial charge in [-0.2, -0.15) is 0 Å². The van der Waals surface area contributed by atoms with E-state index in [1.165, 1.54) is 12.8 Å². The second-order valence-corrected chi connectivity index (χ2v) is 7.14. The molecule has 6 heteroatoms. The van der Waals surface area contributed by atoms with Crippen LogP contribution in [0.4, 0.5) is 0 Å². The maximum Gasteiger partial charge on any atom is 0.251 e. The minimum absolute atomic E-state index is 0.250. The fourth-order valence-corrected chi connectivity index (χ4v) is 3.37. The lowest BCUT2D eigenvalue weighted by Crippen LogP contribution is -2.34. The third-order valence-electron chi connectivity index (χ3n) is 4.67. The number of carboxylic acid groups (broad SMARTS) is 1. The predicted octanol–water partition coefficient (Wildman–Crippen LogP) is 3.27. The van der Waals surface area contributed by atoms with Crippen molar-refractivity contribution < 1.29 is 19.4 Å². The Morgan fingerprint density at radius 2 is 1.70 bits per heavy atom. The molecule has 1 N–H and O–H groups in total. The van der Waals surface area contributed by atoms with Crippen LogP contribution in [0.25, 0.3) is 0 Å². The van der Waals surface area contributed by atoms with Crippen molar-refractivity contribution in [1.82, 2.24) is 5.32 Å². The van der Waals surface area contributed by atoms with Crippen LogP contribution in [0.3, 0.4) is 0 Å². The first kappa shape index (κ1) is 19.2. The monoisotopic (exact) mass is 386 g/mol. The van der Waals surface area contributed by atoms with Gasteiger partial charge in [0.05, 0.1) is 12.1 Å². The molecule has 142 valence electrons. The molecule has 0 bridgehead atoms. The number of rotatable bonds is 7. The van der Waals surface area contributed by atoms with Gasteiger partial charge in [-0.05, 0) is 67.6 Å². The average Bonchev–Trinajstić information content (AvgIpc) is 3.15. The van der Waals surface area contributed by atoms with Crippen LogP contribution in [0.1, 0.15) is 54.1 Å². The summed E-state index contributed by atoms with van der Waals surface area (Å²) < 4.78 is 5.92. The maximum absolute atomic E-state index is 12.4. The fourth-order valence-electron chi connectivity index (χ4n) is 3.24. The summed E-state index contributed by atoms with van der Waals surface area (Å²) >= 11 is 5.83. The van der Waals surface area contributed by atoms with Crippen molar-refractivity contribution in [1.29, 1.82) is 0 Å². The first-order valence-corrected chi connectivity index (χ1v) is 9.42. The minimum atomic E-state index is -1.23. The highest BCUT2D eigenvalue weighted by molar-refractivity contribution is 6.30. The Morgan fingerprint density at radius 3 is 2.30 bits per heavy atom. The molecule has 1 fully saturated rings. The number of aliphatic carboxylic acids is 1. The van der Waals surface area contributed by atoms with Crippen LogP contribution in [-0.4, -0.2) is 18.0 Å². The van der Waals surface area contributed by atoms with Crippen LogP contribution < -0.4 is 15.2 Å². The number of nitrogens with one attached hydrogen (secondary N) is 1. The Morgan fingerprint density at radius 1 is 1.07 bits per heavy atom. The molecule has 27 heavy (non-hydrogen) atoms. The van der Waals surface area contributed by atoms with Gasteiger partial charge in [-0.3, -0.25) is 4.79 Å². The van der Waals surface area contributed by atoms with E-state index in [2.05, 4.69) is 5.32 Å². The largest absolute Gasteiger partial charge is 0.550 e. The normalized spacial score (nSPS) is 15.3. The van der Waals surface area contributed by atoms with Gasteiger partial charge in [0.2, 0.25) is 0 Å². The summed E-state index contributed by atoms with van der Waals surface area (Å²) in [5.74, 6) is -0.853. The summed E-state index contributed by atoms with van der Waals surface area (Å²) in [6.45, 7) is 0. The average molecular weight is 387 g/mol. The number of hydrogen-bond acceptors (Lipinski definition) is 4. The number of ether oxygens (including phenoxy) is 1. The molecule has 1 aliphatic rings. The number of halogens is 1. The summed E-state index contributed by atoms with van der Waals surface area (Å²) in [7, 11) is 0. The number of hydrogen-bond donors (Lipinski definition) is 1. The molecule has 1 atom stereocenters. The molecule has 1 saturated carbocycles. The van der Waals surface area contributed by atoms with Gasteiger partial charge in [0, 0.05) is 23.0 Å². The molecule has 0 aliphatic heterocycles. The van der Waals surface area contributed by atoms with E-state index >= 15 is 0 Å². The SMILES string of the molecule is O=C([O-])C[C@@H](NC(=O)c1ccc(Cl)cc1)c1ccc(OC2CCCC2)cc1. The first-order valence-electron chi connectivity index (χ1n) is 9.04. The molecule has 3 rings (SSSR count). The van der Waals surface area contributed by atoms with Crippen molar-refractivity contribution >= 4 is 23.5 Å². The Hall–Kier alpha value is -2.53. The molecule has 0 heterocycles. The highest BCUT2D eigenvalue weighted by Crippen LogP contribution is 2.26. The Balaban J connectivity index is 1.70. The van der Waals surface area contributed by atoms with E-state index in [0.29, 0.717) is 16.1 Å². The van der Waals surface area contributed by atoms with Crippen LogP contribution in [-0.2, 0) is 4.79 Å².